The Morgan fingerprint density at radius 1 is 1.04 bits per heavy atom. The molecule has 2 fully saturated rings. The zero-order valence-corrected chi connectivity index (χ0v) is 14.5. The fourth-order valence-corrected chi connectivity index (χ4v) is 5.31. The lowest BCUT2D eigenvalue weighted by Gasteiger charge is -2.22. The van der Waals surface area contributed by atoms with E-state index in [0.29, 0.717) is 18.0 Å². The van der Waals surface area contributed by atoms with Crippen molar-refractivity contribution < 1.29 is 8.42 Å². The molecule has 2 aliphatic heterocycles. The summed E-state index contributed by atoms with van der Waals surface area (Å²) >= 11 is 0. The van der Waals surface area contributed by atoms with E-state index in [2.05, 4.69) is 5.32 Å². The lowest BCUT2D eigenvalue weighted by molar-refractivity contribution is 0.338. The Hall–Kier alpha value is -1.14. The molecular formula is C17H21ClN2O2S. The normalized spacial score (nSPS) is 25.0. The minimum absolute atomic E-state index is 0. The number of halogens is 1. The van der Waals surface area contributed by atoms with Crippen LogP contribution in [0.1, 0.15) is 12.8 Å². The number of rotatable bonds is 2. The number of nitrogens with zero attached hydrogens (tertiary/aromatic N) is 1. The van der Waals surface area contributed by atoms with Gasteiger partial charge in [-0.25, -0.2) is 8.42 Å². The van der Waals surface area contributed by atoms with Crippen LogP contribution in [-0.2, 0) is 10.0 Å². The van der Waals surface area contributed by atoms with Crippen molar-refractivity contribution in [1.29, 1.82) is 0 Å². The first-order valence-electron chi connectivity index (χ1n) is 7.79. The lowest BCUT2D eigenvalue weighted by Crippen LogP contribution is -2.33. The molecule has 1 spiro atoms. The van der Waals surface area contributed by atoms with Crippen LogP contribution in [0.2, 0.25) is 0 Å². The van der Waals surface area contributed by atoms with Gasteiger partial charge in [0.2, 0.25) is 10.0 Å². The molecule has 2 aromatic rings. The van der Waals surface area contributed by atoms with Gasteiger partial charge in [-0.05, 0) is 47.7 Å². The van der Waals surface area contributed by atoms with Crippen LogP contribution >= 0.6 is 12.4 Å². The molecule has 4 nitrogen and oxygen atoms in total. The topological polar surface area (TPSA) is 49.4 Å². The monoisotopic (exact) mass is 352 g/mol. The van der Waals surface area contributed by atoms with Crippen LogP contribution in [-0.4, -0.2) is 38.9 Å². The highest BCUT2D eigenvalue weighted by atomic mass is 35.5. The number of hydrogen-bond acceptors (Lipinski definition) is 3. The Morgan fingerprint density at radius 2 is 1.83 bits per heavy atom. The predicted octanol–water partition coefficient (Wildman–Crippen LogP) is 2.64. The van der Waals surface area contributed by atoms with Gasteiger partial charge >= 0.3 is 0 Å². The molecule has 0 bridgehead atoms. The summed E-state index contributed by atoms with van der Waals surface area (Å²) in [6, 6.07) is 13.3. The average Bonchev–Trinajstić information content (AvgIpc) is 3.18. The van der Waals surface area contributed by atoms with E-state index in [1.54, 1.807) is 16.4 Å². The third kappa shape index (κ3) is 2.87. The molecule has 2 aromatic carbocycles. The molecule has 124 valence electrons. The molecule has 0 saturated carbocycles. The van der Waals surface area contributed by atoms with Crippen molar-refractivity contribution in [3.8, 4) is 0 Å². The Kier molecular flexibility index (Phi) is 4.40. The highest BCUT2D eigenvalue weighted by Crippen LogP contribution is 2.38. The van der Waals surface area contributed by atoms with Gasteiger partial charge in [0, 0.05) is 19.6 Å². The Balaban J connectivity index is 0.00000156. The predicted molar refractivity (Wildman–Crippen MR) is 94.5 cm³/mol. The van der Waals surface area contributed by atoms with Crippen molar-refractivity contribution >= 4 is 33.2 Å². The van der Waals surface area contributed by atoms with Crippen molar-refractivity contribution in [3.05, 3.63) is 42.5 Å². The highest BCUT2D eigenvalue weighted by Gasteiger charge is 2.44. The summed E-state index contributed by atoms with van der Waals surface area (Å²) in [6.45, 7) is 3.23. The average molecular weight is 353 g/mol. The number of hydrogen-bond donors (Lipinski definition) is 1. The van der Waals surface area contributed by atoms with Gasteiger partial charge in [0.05, 0.1) is 4.90 Å². The van der Waals surface area contributed by atoms with E-state index in [0.717, 1.165) is 36.7 Å². The lowest BCUT2D eigenvalue weighted by atomic mass is 9.87. The van der Waals surface area contributed by atoms with Crippen LogP contribution in [0.4, 0.5) is 0 Å². The quantitative estimate of drug-likeness (QED) is 0.904. The maximum atomic E-state index is 12.9. The maximum absolute atomic E-state index is 12.9. The van der Waals surface area contributed by atoms with Crippen molar-refractivity contribution in [3.63, 3.8) is 0 Å². The Morgan fingerprint density at radius 3 is 2.57 bits per heavy atom. The first-order chi connectivity index (χ1) is 10.6. The zero-order chi connectivity index (χ0) is 15.2. The Labute approximate surface area is 143 Å². The van der Waals surface area contributed by atoms with Gasteiger partial charge in [0.15, 0.2) is 0 Å². The molecule has 0 aromatic heterocycles. The molecule has 2 aliphatic rings. The van der Waals surface area contributed by atoms with E-state index in [1.165, 1.54) is 0 Å². The standard InChI is InChI=1S/C17H20N2O2S.ClH/c20-22(21,19-10-8-17(13-19)7-9-18-12-17)16-6-5-14-3-1-2-4-15(14)11-16;/h1-6,11,18H,7-10,12-13H2;1H. The van der Waals surface area contributed by atoms with Gasteiger partial charge in [-0.2, -0.15) is 4.31 Å². The molecule has 2 saturated heterocycles. The maximum Gasteiger partial charge on any atom is 0.243 e. The summed E-state index contributed by atoms with van der Waals surface area (Å²) in [6.07, 6.45) is 2.05. The molecule has 0 aliphatic carbocycles. The SMILES string of the molecule is Cl.O=S(=O)(c1ccc2ccccc2c1)N1CCC2(CCNC2)C1. The minimum atomic E-state index is -3.39. The second-order valence-corrected chi connectivity index (χ2v) is 8.46. The first kappa shape index (κ1) is 16.7. The van der Waals surface area contributed by atoms with E-state index in [1.807, 2.05) is 30.3 Å². The number of nitrogens with one attached hydrogen (secondary N) is 1. The number of sulfonamides is 1. The van der Waals surface area contributed by atoms with E-state index >= 15 is 0 Å². The van der Waals surface area contributed by atoms with Crippen LogP contribution < -0.4 is 5.32 Å². The molecule has 1 atom stereocenters. The summed E-state index contributed by atoms with van der Waals surface area (Å²) in [5, 5.41) is 5.41. The van der Waals surface area contributed by atoms with E-state index in [-0.39, 0.29) is 17.8 Å². The third-order valence-corrected chi connectivity index (χ3v) is 6.94. The number of fused-ring (bicyclic) bond motifs is 1. The van der Waals surface area contributed by atoms with Crippen LogP contribution in [0.3, 0.4) is 0 Å². The van der Waals surface area contributed by atoms with E-state index in [4.69, 9.17) is 0 Å². The molecule has 1 unspecified atom stereocenters. The third-order valence-electron chi connectivity index (χ3n) is 5.09. The molecule has 1 N–H and O–H groups in total. The molecule has 4 rings (SSSR count). The van der Waals surface area contributed by atoms with Gasteiger partial charge in [0.25, 0.3) is 0 Å². The second kappa shape index (κ2) is 6.06. The van der Waals surface area contributed by atoms with Crippen LogP contribution in [0, 0.1) is 5.41 Å². The van der Waals surface area contributed by atoms with Crippen molar-refractivity contribution in [2.45, 2.75) is 17.7 Å². The van der Waals surface area contributed by atoms with Crippen molar-refractivity contribution in [1.82, 2.24) is 9.62 Å². The summed E-state index contributed by atoms with van der Waals surface area (Å²) < 4.78 is 27.5. The molecule has 2 heterocycles. The molecule has 6 heteroatoms. The fourth-order valence-electron chi connectivity index (χ4n) is 3.72. The largest absolute Gasteiger partial charge is 0.316 e. The first-order valence-corrected chi connectivity index (χ1v) is 9.23. The molecule has 0 amide bonds. The highest BCUT2D eigenvalue weighted by molar-refractivity contribution is 7.89. The van der Waals surface area contributed by atoms with Gasteiger partial charge in [-0.3, -0.25) is 0 Å². The summed E-state index contributed by atoms with van der Waals surface area (Å²) in [4.78, 5) is 0.411. The summed E-state index contributed by atoms with van der Waals surface area (Å²) in [5.74, 6) is 0. The number of benzene rings is 2. The van der Waals surface area contributed by atoms with Crippen LogP contribution in [0.25, 0.3) is 10.8 Å². The summed E-state index contributed by atoms with van der Waals surface area (Å²) in [5.41, 5.74) is 0.157. The van der Waals surface area contributed by atoms with Crippen LogP contribution in [0.15, 0.2) is 47.4 Å². The van der Waals surface area contributed by atoms with Gasteiger partial charge in [0.1, 0.15) is 0 Å². The van der Waals surface area contributed by atoms with Gasteiger partial charge in [-0.15, -0.1) is 12.4 Å². The zero-order valence-electron chi connectivity index (χ0n) is 12.9. The van der Waals surface area contributed by atoms with Gasteiger partial charge in [-0.1, -0.05) is 30.3 Å². The van der Waals surface area contributed by atoms with Crippen molar-refractivity contribution in [2.24, 2.45) is 5.41 Å². The summed E-state index contributed by atoms with van der Waals surface area (Å²) in [7, 11) is -3.39. The second-order valence-electron chi connectivity index (χ2n) is 6.52. The van der Waals surface area contributed by atoms with Crippen LogP contribution in [0.5, 0.6) is 0 Å². The molecule has 0 radical (unpaired) electrons. The molecule has 23 heavy (non-hydrogen) atoms. The van der Waals surface area contributed by atoms with Crippen molar-refractivity contribution in [2.75, 3.05) is 26.2 Å². The Bertz CT molecular complexity index is 816. The molecular weight excluding hydrogens is 332 g/mol. The smallest absolute Gasteiger partial charge is 0.243 e. The van der Waals surface area contributed by atoms with Gasteiger partial charge < -0.3 is 5.32 Å². The van der Waals surface area contributed by atoms with E-state index in [9.17, 15) is 8.42 Å². The fraction of sp³-hybridized carbons (Fsp3) is 0.412. The minimum Gasteiger partial charge on any atom is -0.316 e. The van der Waals surface area contributed by atoms with E-state index < -0.39 is 10.0 Å².